The van der Waals surface area contributed by atoms with Gasteiger partial charge < -0.3 is 14.6 Å². The van der Waals surface area contributed by atoms with Crippen LogP contribution < -0.4 is 16.0 Å². The number of fused-ring (bicyclic) bond motifs is 1. The van der Waals surface area contributed by atoms with Crippen LogP contribution in [0.3, 0.4) is 0 Å². The minimum Gasteiger partial charge on any atom is -0.408 e. The zero-order valence-electron chi connectivity index (χ0n) is 15.0. The van der Waals surface area contributed by atoms with Gasteiger partial charge in [0, 0.05) is 48.4 Å². The van der Waals surface area contributed by atoms with Gasteiger partial charge in [-0.05, 0) is 36.8 Å². The summed E-state index contributed by atoms with van der Waals surface area (Å²) in [6.45, 7) is 0.875. The van der Waals surface area contributed by atoms with E-state index in [1.54, 1.807) is 41.3 Å². The Kier molecular flexibility index (Phi) is 4.92. The van der Waals surface area contributed by atoms with Crippen LogP contribution in [0.2, 0.25) is 5.02 Å². The molecule has 1 fully saturated rings. The van der Waals surface area contributed by atoms with Crippen molar-refractivity contribution >= 4 is 45.9 Å². The first-order valence-corrected chi connectivity index (χ1v) is 9.38. The van der Waals surface area contributed by atoms with Gasteiger partial charge in [0.25, 0.3) is 0 Å². The zero-order chi connectivity index (χ0) is 19.7. The van der Waals surface area contributed by atoms with Crippen molar-refractivity contribution in [2.45, 2.75) is 25.8 Å². The van der Waals surface area contributed by atoms with Crippen molar-refractivity contribution < 1.29 is 14.0 Å². The number of amides is 2. The van der Waals surface area contributed by atoms with Crippen molar-refractivity contribution in [1.82, 2.24) is 4.57 Å². The fraction of sp³-hybridized carbons (Fsp3) is 0.250. The number of oxazole rings is 1. The second kappa shape index (κ2) is 7.52. The Morgan fingerprint density at radius 2 is 2.04 bits per heavy atom. The molecule has 1 aromatic heterocycles. The fourth-order valence-corrected chi connectivity index (χ4v) is 3.52. The van der Waals surface area contributed by atoms with Gasteiger partial charge in [0.2, 0.25) is 11.8 Å². The first-order valence-electron chi connectivity index (χ1n) is 9.00. The third-order valence-corrected chi connectivity index (χ3v) is 4.94. The normalized spacial score (nSPS) is 14.0. The maximum Gasteiger partial charge on any atom is 0.419 e. The number of benzene rings is 2. The first-order chi connectivity index (χ1) is 13.5. The van der Waals surface area contributed by atoms with Gasteiger partial charge in [0.05, 0.1) is 5.52 Å². The Balaban J connectivity index is 1.44. The molecule has 2 aromatic carbocycles. The van der Waals surface area contributed by atoms with Crippen LogP contribution in [0.25, 0.3) is 11.1 Å². The molecule has 1 saturated heterocycles. The van der Waals surface area contributed by atoms with Crippen molar-refractivity contribution in [2.75, 3.05) is 16.8 Å². The Morgan fingerprint density at radius 1 is 1.18 bits per heavy atom. The lowest BCUT2D eigenvalue weighted by Crippen LogP contribution is -2.24. The molecule has 28 heavy (non-hydrogen) atoms. The molecule has 0 spiro atoms. The lowest BCUT2D eigenvalue weighted by Gasteiger charge is -2.16. The Bertz CT molecular complexity index is 1120. The molecule has 0 saturated carbocycles. The Labute approximate surface area is 165 Å². The molecule has 1 N–H and O–H groups in total. The number of rotatable bonds is 5. The SMILES string of the molecule is O=C(CCn1c(=O)oc2cc(Cl)ccc21)Nc1cccc(N2CCCC2=O)c1. The molecular weight excluding hydrogens is 382 g/mol. The maximum absolute atomic E-state index is 12.3. The number of nitrogens with zero attached hydrogens (tertiary/aromatic N) is 2. The van der Waals surface area contributed by atoms with E-state index >= 15 is 0 Å². The van der Waals surface area contributed by atoms with E-state index in [1.807, 2.05) is 6.07 Å². The molecule has 4 rings (SSSR count). The molecule has 0 aliphatic carbocycles. The number of nitrogens with one attached hydrogen (secondary N) is 1. The number of carbonyl (C=O) groups excluding carboxylic acids is 2. The second-order valence-corrected chi connectivity index (χ2v) is 7.07. The summed E-state index contributed by atoms with van der Waals surface area (Å²) < 4.78 is 6.57. The summed E-state index contributed by atoms with van der Waals surface area (Å²) in [7, 11) is 0. The summed E-state index contributed by atoms with van der Waals surface area (Å²) in [6.07, 6.45) is 1.49. The zero-order valence-corrected chi connectivity index (χ0v) is 15.7. The van der Waals surface area contributed by atoms with Crippen LogP contribution in [0, 0.1) is 0 Å². The summed E-state index contributed by atoms with van der Waals surface area (Å²) in [5, 5.41) is 3.29. The van der Waals surface area contributed by atoms with Crippen LogP contribution in [-0.4, -0.2) is 22.9 Å². The predicted molar refractivity (Wildman–Crippen MR) is 107 cm³/mol. The van der Waals surface area contributed by atoms with E-state index in [-0.39, 0.29) is 24.8 Å². The quantitative estimate of drug-likeness (QED) is 0.712. The molecule has 2 heterocycles. The highest BCUT2D eigenvalue weighted by atomic mass is 35.5. The monoisotopic (exact) mass is 399 g/mol. The third kappa shape index (κ3) is 3.66. The van der Waals surface area contributed by atoms with Gasteiger partial charge in [0.15, 0.2) is 5.58 Å². The van der Waals surface area contributed by atoms with Gasteiger partial charge in [-0.3, -0.25) is 14.2 Å². The van der Waals surface area contributed by atoms with Crippen molar-refractivity contribution in [3.05, 3.63) is 58.0 Å². The largest absolute Gasteiger partial charge is 0.419 e. The molecule has 144 valence electrons. The van der Waals surface area contributed by atoms with Crippen molar-refractivity contribution in [2.24, 2.45) is 0 Å². The van der Waals surface area contributed by atoms with E-state index in [9.17, 15) is 14.4 Å². The van der Waals surface area contributed by atoms with Crippen molar-refractivity contribution in [1.29, 1.82) is 0 Å². The molecule has 8 heteroatoms. The van der Waals surface area contributed by atoms with E-state index in [4.69, 9.17) is 16.0 Å². The highest BCUT2D eigenvalue weighted by Gasteiger charge is 2.21. The average molecular weight is 400 g/mol. The van der Waals surface area contributed by atoms with E-state index in [0.29, 0.717) is 34.8 Å². The lowest BCUT2D eigenvalue weighted by molar-refractivity contribution is -0.117. The summed E-state index contributed by atoms with van der Waals surface area (Å²) >= 11 is 5.91. The van der Waals surface area contributed by atoms with Gasteiger partial charge >= 0.3 is 5.76 Å². The topological polar surface area (TPSA) is 84.5 Å². The second-order valence-electron chi connectivity index (χ2n) is 6.63. The Morgan fingerprint density at radius 3 is 2.82 bits per heavy atom. The molecule has 1 aliphatic heterocycles. The van der Waals surface area contributed by atoms with E-state index < -0.39 is 5.76 Å². The van der Waals surface area contributed by atoms with Gasteiger partial charge in [-0.2, -0.15) is 0 Å². The molecule has 7 nitrogen and oxygen atoms in total. The van der Waals surface area contributed by atoms with Gasteiger partial charge in [-0.1, -0.05) is 17.7 Å². The molecule has 1 aliphatic rings. The van der Waals surface area contributed by atoms with Gasteiger partial charge in [0.1, 0.15) is 0 Å². The number of hydrogen-bond acceptors (Lipinski definition) is 4. The number of hydrogen-bond donors (Lipinski definition) is 1. The molecule has 2 amide bonds. The fourth-order valence-electron chi connectivity index (χ4n) is 3.36. The molecule has 0 bridgehead atoms. The summed E-state index contributed by atoms with van der Waals surface area (Å²) in [6, 6.07) is 12.1. The molecular formula is C20H18ClN3O4. The summed E-state index contributed by atoms with van der Waals surface area (Å²) in [4.78, 5) is 38.0. The van der Waals surface area contributed by atoms with Crippen LogP contribution in [-0.2, 0) is 16.1 Å². The van der Waals surface area contributed by atoms with Crippen molar-refractivity contribution in [3.8, 4) is 0 Å². The maximum atomic E-state index is 12.3. The smallest absolute Gasteiger partial charge is 0.408 e. The Hall–Kier alpha value is -3.06. The predicted octanol–water partition coefficient (Wildman–Crippen LogP) is 3.40. The van der Waals surface area contributed by atoms with Crippen LogP contribution >= 0.6 is 11.6 Å². The lowest BCUT2D eigenvalue weighted by atomic mass is 10.2. The highest BCUT2D eigenvalue weighted by Crippen LogP contribution is 2.24. The highest BCUT2D eigenvalue weighted by molar-refractivity contribution is 6.31. The number of anilines is 2. The third-order valence-electron chi connectivity index (χ3n) is 4.71. The van der Waals surface area contributed by atoms with Gasteiger partial charge in [-0.15, -0.1) is 0 Å². The number of aromatic nitrogens is 1. The van der Waals surface area contributed by atoms with E-state index in [0.717, 1.165) is 12.1 Å². The van der Waals surface area contributed by atoms with Crippen LogP contribution in [0.15, 0.2) is 51.7 Å². The minimum atomic E-state index is -0.528. The van der Waals surface area contributed by atoms with Crippen LogP contribution in [0.1, 0.15) is 19.3 Å². The van der Waals surface area contributed by atoms with Crippen LogP contribution in [0.4, 0.5) is 11.4 Å². The average Bonchev–Trinajstić information content (AvgIpc) is 3.22. The van der Waals surface area contributed by atoms with E-state index in [2.05, 4.69) is 5.32 Å². The standard InChI is InChI=1S/C20H18ClN3O4/c21-13-6-7-16-17(11-13)28-20(27)24(16)10-8-18(25)22-14-3-1-4-15(12-14)23-9-2-5-19(23)26/h1,3-4,6-7,11-12H,2,5,8-10H2,(H,22,25). The molecule has 3 aromatic rings. The molecule has 0 unspecified atom stereocenters. The first kappa shape index (κ1) is 18.3. The van der Waals surface area contributed by atoms with Gasteiger partial charge in [-0.25, -0.2) is 4.79 Å². The van der Waals surface area contributed by atoms with E-state index in [1.165, 1.54) is 4.57 Å². The summed E-state index contributed by atoms with van der Waals surface area (Å²) in [5.74, 6) is -0.672. The summed E-state index contributed by atoms with van der Waals surface area (Å²) in [5.41, 5.74) is 2.37. The molecule has 0 radical (unpaired) electrons. The number of aryl methyl sites for hydroxylation is 1. The van der Waals surface area contributed by atoms with Crippen molar-refractivity contribution in [3.63, 3.8) is 0 Å². The minimum absolute atomic E-state index is 0.0924. The van der Waals surface area contributed by atoms with Crippen LogP contribution in [0.5, 0.6) is 0 Å². The molecule has 0 atom stereocenters. The number of halogens is 1. The number of carbonyl (C=O) groups is 2.